The molecule has 1 saturated carbocycles. The van der Waals surface area contributed by atoms with Gasteiger partial charge in [0.1, 0.15) is 12.1 Å². The van der Waals surface area contributed by atoms with Crippen LogP contribution in [0, 0.1) is 40.9 Å². The van der Waals surface area contributed by atoms with Gasteiger partial charge in [0.25, 0.3) is 5.91 Å². The van der Waals surface area contributed by atoms with E-state index in [0.717, 1.165) is 19.3 Å². The molecule has 13 heteroatoms. The van der Waals surface area contributed by atoms with Crippen LogP contribution in [0.1, 0.15) is 113 Å². The third-order valence-corrected chi connectivity index (χ3v) is 10.9. The second-order valence-corrected chi connectivity index (χ2v) is 17.2. The number of carbonyl (C=O) groups excluding carboxylic acids is 7. The summed E-state index contributed by atoms with van der Waals surface area (Å²) in [5, 5.41) is 11.1. The van der Waals surface area contributed by atoms with Crippen molar-refractivity contribution in [2.75, 3.05) is 19.6 Å². The molecule has 3 fully saturated rings. The zero-order chi connectivity index (χ0) is 39.7. The van der Waals surface area contributed by atoms with Crippen molar-refractivity contribution in [2.45, 2.75) is 137 Å². The Morgan fingerprint density at radius 3 is 2.15 bits per heavy atom. The Bertz CT molecular complexity index is 1420. The van der Waals surface area contributed by atoms with Crippen LogP contribution in [-0.4, -0.2) is 95.0 Å². The van der Waals surface area contributed by atoms with Gasteiger partial charge in [0, 0.05) is 38.9 Å². The first kappa shape index (κ1) is 43.2. The molecule has 294 valence electrons. The summed E-state index contributed by atoms with van der Waals surface area (Å²) in [5.74, 6) is -1.17. The quantitative estimate of drug-likeness (QED) is 0.0862. The van der Waals surface area contributed by atoms with Crippen LogP contribution in [-0.2, 0) is 28.8 Å². The molecule has 4 N–H and O–H groups in total. The van der Waals surface area contributed by atoms with E-state index < -0.39 is 58.6 Å². The number of hydrogen-bond donors (Lipinski definition) is 4. The number of terminal acetylenes is 1. The van der Waals surface area contributed by atoms with E-state index in [9.17, 15) is 33.6 Å². The summed E-state index contributed by atoms with van der Waals surface area (Å²) in [5.41, 5.74) is -0.981. The van der Waals surface area contributed by atoms with Crippen LogP contribution in [0.4, 0.5) is 4.79 Å². The highest BCUT2D eigenvalue weighted by atomic mass is 16.2. The molecule has 2 heterocycles. The van der Waals surface area contributed by atoms with E-state index in [1.54, 1.807) is 0 Å². The monoisotopic (exact) mass is 738 g/mol. The van der Waals surface area contributed by atoms with Crippen molar-refractivity contribution >= 4 is 41.4 Å². The standard InChI is InChI=1S/C40H62N6O7/c1-10-12-18-28(34(49)36(51)41-20-11-2)42-35(50)33-27(25(3)4)19-21-45(33)37(52)32(26-16-14-13-15-17-26)44-38(53)43-29(39(5,6)7)24-46-30(47)22-40(8,9)23-31(46)48/h1,11,25-29,32-33H,2,12-24H2,3-9H3,(H,41,51)(H,42,50)(H2,43,44,53)/t27-,28?,29-,32+,33+/m1/s1. The molecule has 7 amide bonds. The van der Waals surface area contributed by atoms with E-state index in [2.05, 4.69) is 33.8 Å². The molecule has 1 unspecified atom stereocenters. The Hall–Kier alpha value is -4.21. The predicted molar refractivity (Wildman–Crippen MR) is 202 cm³/mol. The summed E-state index contributed by atoms with van der Waals surface area (Å²) in [6.07, 6.45) is 12.3. The van der Waals surface area contributed by atoms with Crippen molar-refractivity contribution in [1.82, 2.24) is 31.1 Å². The summed E-state index contributed by atoms with van der Waals surface area (Å²) in [4.78, 5) is 97.2. The molecule has 0 radical (unpaired) electrons. The van der Waals surface area contributed by atoms with Crippen molar-refractivity contribution in [3.63, 3.8) is 0 Å². The van der Waals surface area contributed by atoms with Crippen molar-refractivity contribution in [3.05, 3.63) is 12.7 Å². The number of nitrogens with zero attached hydrogens (tertiary/aromatic N) is 2. The van der Waals surface area contributed by atoms with Gasteiger partial charge < -0.3 is 26.2 Å². The summed E-state index contributed by atoms with van der Waals surface area (Å²) in [6, 6.07) is -4.29. The van der Waals surface area contributed by atoms with Crippen LogP contribution in [0.2, 0.25) is 0 Å². The molecule has 0 spiro atoms. The number of imide groups is 1. The lowest BCUT2D eigenvalue weighted by molar-refractivity contribution is -0.153. The van der Waals surface area contributed by atoms with Crippen LogP contribution in [0.25, 0.3) is 0 Å². The number of nitrogens with one attached hydrogen (secondary N) is 4. The highest BCUT2D eigenvalue weighted by Crippen LogP contribution is 2.35. The lowest BCUT2D eigenvalue weighted by Gasteiger charge is -2.40. The summed E-state index contributed by atoms with van der Waals surface area (Å²) >= 11 is 0. The summed E-state index contributed by atoms with van der Waals surface area (Å²) < 4.78 is 0. The molecule has 5 atom stereocenters. The Labute approximate surface area is 315 Å². The number of likely N-dealkylation sites (tertiary alicyclic amines) is 2. The molecule has 1 aliphatic carbocycles. The van der Waals surface area contributed by atoms with E-state index in [-0.39, 0.29) is 80.8 Å². The number of piperidine rings is 1. The first-order valence-corrected chi connectivity index (χ1v) is 19.2. The molecule has 3 aliphatic rings. The van der Waals surface area contributed by atoms with Crippen molar-refractivity contribution in [3.8, 4) is 12.3 Å². The largest absolute Gasteiger partial charge is 0.346 e. The third-order valence-electron chi connectivity index (χ3n) is 10.9. The summed E-state index contributed by atoms with van der Waals surface area (Å²) in [6.45, 7) is 17.3. The number of hydrogen-bond acceptors (Lipinski definition) is 7. The van der Waals surface area contributed by atoms with Crippen molar-refractivity contribution in [1.29, 1.82) is 0 Å². The van der Waals surface area contributed by atoms with E-state index in [1.807, 2.05) is 48.5 Å². The minimum Gasteiger partial charge on any atom is -0.346 e. The Morgan fingerprint density at radius 2 is 1.60 bits per heavy atom. The molecule has 53 heavy (non-hydrogen) atoms. The number of urea groups is 1. The number of carbonyl (C=O) groups is 7. The second-order valence-electron chi connectivity index (χ2n) is 17.2. The first-order valence-electron chi connectivity index (χ1n) is 19.2. The van der Waals surface area contributed by atoms with Gasteiger partial charge in [-0.2, -0.15) is 0 Å². The van der Waals surface area contributed by atoms with Crippen LogP contribution in [0.5, 0.6) is 0 Å². The minimum absolute atomic E-state index is 0.00187. The molecule has 0 aromatic heterocycles. The smallest absolute Gasteiger partial charge is 0.315 e. The zero-order valence-corrected chi connectivity index (χ0v) is 32.8. The lowest BCUT2D eigenvalue weighted by atomic mass is 9.80. The maximum atomic E-state index is 14.7. The molecule has 2 saturated heterocycles. The second kappa shape index (κ2) is 18.7. The normalized spacial score (nSPS) is 22.3. The topological polar surface area (TPSA) is 174 Å². The highest BCUT2D eigenvalue weighted by Gasteiger charge is 2.47. The molecule has 0 aromatic carbocycles. The fraction of sp³-hybridized carbons (Fsp3) is 0.725. The maximum Gasteiger partial charge on any atom is 0.315 e. The Kier molecular flexibility index (Phi) is 15.2. The molecular weight excluding hydrogens is 676 g/mol. The third kappa shape index (κ3) is 11.6. The van der Waals surface area contributed by atoms with Gasteiger partial charge >= 0.3 is 6.03 Å². The number of Topliss-reactive ketones (excluding diaryl/α,β-unsaturated/α-hetero) is 1. The predicted octanol–water partition coefficient (Wildman–Crippen LogP) is 3.47. The average Bonchev–Trinajstić information content (AvgIpc) is 3.54. The van der Waals surface area contributed by atoms with Gasteiger partial charge in [-0.25, -0.2) is 4.79 Å². The van der Waals surface area contributed by atoms with E-state index in [0.29, 0.717) is 19.3 Å². The van der Waals surface area contributed by atoms with Gasteiger partial charge in [-0.05, 0) is 54.3 Å². The van der Waals surface area contributed by atoms with Gasteiger partial charge in [0.2, 0.25) is 29.4 Å². The maximum absolute atomic E-state index is 14.7. The highest BCUT2D eigenvalue weighted by molar-refractivity contribution is 6.38. The van der Waals surface area contributed by atoms with Gasteiger partial charge in [-0.1, -0.05) is 73.8 Å². The minimum atomic E-state index is -1.19. The van der Waals surface area contributed by atoms with Crippen molar-refractivity contribution < 1.29 is 33.6 Å². The summed E-state index contributed by atoms with van der Waals surface area (Å²) in [7, 11) is 0. The van der Waals surface area contributed by atoms with Crippen molar-refractivity contribution in [2.24, 2.45) is 28.6 Å². The number of ketones is 1. The number of amides is 7. The molecule has 13 nitrogen and oxygen atoms in total. The van der Waals surface area contributed by atoms with E-state index in [1.165, 1.54) is 15.9 Å². The Balaban J connectivity index is 1.88. The van der Waals surface area contributed by atoms with Gasteiger partial charge in [0.05, 0.1) is 12.1 Å². The molecular formula is C40H62N6O7. The van der Waals surface area contributed by atoms with Gasteiger partial charge in [-0.15, -0.1) is 18.9 Å². The first-order chi connectivity index (χ1) is 24.8. The van der Waals surface area contributed by atoms with Crippen LogP contribution in [0.3, 0.4) is 0 Å². The van der Waals surface area contributed by atoms with Gasteiger partial charge in [0.15, 0.2) is 0 Å². The fourth-order valence-electron chi connectivity index (χ4n) is 7.76. The molecule has 0 aromatic rings. The molecule has 3 rings (SSSR count). The fourth-order valence-corrected chi connectivity index (χ4v) is 7.76. The number of rotatable bonds is 15. The van der Waals surface area contributed by atoms with E-state index in [4.69, 9.17) is 6.42 Å². The SMILES string of the molecule is C#CCCC(NC(=O)[C@@H]1[C@@H](C(C)C)CCN1C(=O)[C@@H](NC(=O)N[C@H](CN1C(=O)CC(C)(C)CC1=O)C(C)(C)C)C1CCCCC1)C(=O)C(=O)NCC=C. The van der Waals surface area contributed by atoms with Crippen LogP contribution < -0.4 is 21.3 Å². The lowest BCUT2D eigenvalue weighted by Crippen LogP contribution is -2.62. The molecule has 0 bridgehead atoms. The molecule has 2 aliphatic heterocycles. The van der Waals surface area contributed by atoms with Crippen LogP contribution >= 0.6 is 0 Å². The zero-order valence-electron chi connectivity index (χ0n) is 32.8. The Morgan fingerprint density at radius 1 is 0.981 bits per heavy atom. The van der Waals surface area contributed by atoms with Crippen LogP contribution in [0.15, 0.2) is 12.7 Å². The van der Waals surface area contributed by atoms with Gasteiger partial charge in [-0.3, -0.25) is 33.7 Å². The average molecular weight is 739 g/mol. The van der Waals surface area contributed by atoms with E-state index >= 15 is 0 Å².